The Morgan fingerprint density at radius 2 is 1.20 bits per heavy atom. The number of Topliss-reactive ketones (excluding diaryl/α,β-unsaturated/α-hetero) is 1. The highest BCUT2D eigenvalue weighted by Crippen LogP contribution is 2.23. The van der Waals surface area contributed by atoms with E-state index in [0.717, 1.165) is 50.8 Å². The van der Waals surface area contributed by atoms with Gasteiger partial charge in [-0.25, -0.2) is 0 Å². The third-order valence-electron chi connectivity index (χ3n) is 6.56. The number of alkyl halides is 3. The van der Waals surface area contributed by atoms with Crippen LogP contribution in [0.2, 0.25) is 0 Å². The molecule has 9 heteroatoms. The highest BCUT2D eigenvalue weighted by Gasteiger charge is 2.39. The Hall–Kier alpha value is -2.58. The van der Waals surface area contributed by atoms with Gasteiger partial charge >= 0.3 is 18.1 Å². The van der Waals surface area contributed by atoms with E-state index in [2.05, 4.69) is 5.32 Å². The summed E-state index contributed by atoms with van der Waals surface area (Å²) in [6.07, 6.45) is 8.61. The molecule has 6 nitrogen and oxygen atoms in total. The molecule has 0 radical (unpaired) electrons. The van der Waals surface area contributed by atoms with Gasteiger partial charge in [0.25, 0.3) is 0 Å². The van der Waals surface area contributed by atoms with Crippen molar-refractivity contribution in [3.05, 3.63) is 29.8 Å². The number of nitrogens with one attached hydrogen (secondary N) is 1. The van der Waals surface area contributed by atoms with Crippen molar-refractivity contribution in [2.75, 3.05) is 18.5 Å². The Bertz CT molecular complexity index is 894. The molecule has 0 fully saturated rings. The average molecular weight is 586 g/mol. The first-order valence-corrected chi connectivity index (χ1v) is 15.2. The molecule has 0 saturated carbocycles. The minimum absolute atomic E-state index is 0.0513. The molecule has 1 aromatic carbocycles. The smallest absolute Gasteiger partial charge is 0.389 e. The zero-order valence-electron chi connectivity index (χ0n) is 25.4. The lowest BCUT2D eigenvalue weighted by atomic mass is 9.97. The van der Waals surface area contributed by atoms with Gasteiger partial charge in [-0.05, 0) is 64.8 Å². The number of unbranched alkanes of at least 4 members (excludes halogenated alkanes) is 12. The van der Waals surface area contributed by atoms with Crippen molar-refractivity contribution < 1.29 is 37.0 Å². The number of anilines is 1. The molecule has 234 valence electrons. The molecule has 1 atom stereocenters. The number of hydrogen-bond acceptors (Lipinski definition) is 6. The second-order valence-electron chi connectivity index (χ2n) is 11.5. The SMILES string of the molecule is CCOC(=O)C(C(=O)OC(C)(C)C)C(=O)c1ccc(NCCCCCCCCCCCCCCCC(F)(F)F)cc1. The van der Waals surface area contributed by atoms with E-state index in [-0.39, 0.29) is 18.6 Å². The van der Waals surface area contributed by atoms with Crippen molar-refractivity contribution in [2.45, 2.75) is 129 Å². The Morgan fingerprint density at radius 3 is 1.63 bits per heavy atom. The molecule has 0 saturated heterocycles. The van der Waals surface area contributed by atoms with Crippen LogP contribution in [0.25, 0.3) is 0 Å². The van der Waals surface area contributed by atoms with Crippen LogP contribution in [0.5, 0.6) is 0 Å². The number of esters is 2. The third kappa shape index (κ3) is 17.8. The molecule has 0 aliphatic heterocycles. The van der Waals surface area contributed by atoms with Crippen LogP contribution in [0, 0.1) is 5.92 Å². The van der Waals surface area contributed by atoms with E-state index in [1.165, 1.54) is 32.1 Å². The summed E-state index contributed by atoms with van der Waals surface area (Å²) in [5.74, 6) is -4.13. The van der Waals surface area contributed by atoms with E-state index in [9.17, 15) is 27.6 Å². The number of ketones is 1. The molecule has 0 aromatic heterocycles. The Morgan fingerprint density at radius 1 is 0.732 bits per heavy atom. The van der Waals surface area contributed by atoms with Crippen LogP contribution in [-0.4, -0.2) is 42.7 Å². The molecule has 0 spiro atoms. The number of rotatable bonds is 21. The molecule has 1 aromatic rings. The molecule has 0 aliphatic carbocycles. The van der Waals surface area contributed by atoms with E-state index >= 15 is 0 Å². The molecule has 0 aliphatic rings. The molecule has 1 unspecified atom stereocenters. The van der Waals surface area contributed by atoms with Gasteiger partial charge in [-0.3, -0.25) is 14.4 Å². The van der Waals surface area contributed by atoms with Gasteiger partial charge in [-0.15, -0.1) is 0 Å². The molecule has 0 heterocycles. The largest absolute Gasteiger partial charge is 0.465 e. The van der Waals surface area contributed by atoms with Crippen LogP contribution >= 0.6 is 0 Å². The van der Waals surface area contributed by atoms with Crippen LogP contribution in [0.1, 0.15) is 128 Å². The van der Waals surface area contributed by atoms with Crippen LogP contribution in [0.3, 0.4) is 0 Å². The zero-order chi connectivity index (χ0) is 30.7. The molecule has 1 N–H and O–H groups in total. The minimum Gasteiger partial charge on any atom is -0.465 e. The van der Waals surface area contributed by atoms with Crippen molar-refractivity contribution in [1.82, 2.24) is 0 Å². The zero-order valence-corrected chi connectivity index (χ0v) is 25.4. The first-order valence-electron chi connectivity index (χ1n) is 15.2. The lowest BCUT2D eigenvalue weighted by Crippen LogP contribution is -2.38. The van der Waals surface area contributed by atoms with E-state index in [1.54, 1.807) is 52.0 Å². The van der Waals surface area contributed by atoms with Gasteiger partial charge in [-0.2, -0.15) is 13.2 Å². The van der Waals surface area contributed by atoms with Crippen molar-refractivity contribution in [1.29, 1.82) is 0 Å². The van der Waals surface area contributed by atoms with Crippen molar-refractivity contribution in [3.8, 4) is 0 Å². The van der Waals surface area contributed by atoms with Gasteiger partial charge in [0.2, 0.25) is 5.92 Å². The summed E-state index contributed by atoms with van der Waals surface area (Å²) >= 11 is 0. The van der Waals surface area contributed by atoms with Crippen LogP contribution in [0.15, 0.2) is 24.3 Å². The van der Waals surface area contributed by atoms with Gasteiger partial charge in [-0.1, -0.05) is 70.6 Å². The Labute approximate surface area is 244 Å². The Kier molecular flexibility index (Phi) is 17.4. The van der Waals surface area contributed by atoms with Crippen molar-refractivity contribution >= 4 is 23.4 Å². The lowest BCUT2D eigenvalue weighted by Gasteiger charge is -2.22. The molecular weight excluding hydrogens is 535 g/mol. The maximum absolute atomic E-state index is 13.0. The molecular formula is C32H50F3NO5. The van der Waals surface area contributed by atoms with E-state index in [4.69, 9.17) is 9.47 Å². The van der Waals surface area contributed by atoms with E-state index < -0.39 is 41.8 Å². The first-order chi connectivity index (χ1) is 19.3. The predicted octanol–water partition coefficient (Wildman–Crippen LogP) is 8.83. The number of hydrogen-bond donors (Lipinski definition) is 1. The second-order valence-corrected chi connectivity index (χ2v) is 11.5. The summed E-state index contributed by atoms with van der Waals surface area (Å²) in [6.45, 7) is 7.47. The monoisotopic (exact) mass is 585 g/mol. The summed E-state index contributed by atoms with van der Waals surface area (Å²) in [4.78, 5) is 37.9. The van der Waals surface area contributed by atoms with Gasteiger partial charge in [0, 0.05) is 24.2 Å². The third-order valence-corrected chi connectivity index (χ3v) is 6.56. The number of ether oxygens (including phenoxy) is 2. The van der Waals surface area contributed by atoms with Gasteiger partial charge < -0.3 is 14.8 Å². The van der Waals surface area contributed by atoms with Gasteiger partial charge in [0.15, 0.2) is 5.78 Å². The minimum atomic E-state index is -4.02. The fourth-order valence-electron chi connectivity index (χ4n) is 4.44. The first kappa shape index (κ1) is 36.4. The van der Waals surface area contributed by atoms with Gasteiger partial charge in [0.1, 0.15) is 5.60 Å². The summed E-state index contributed by atoms with van der Waals surface area (Å²) in [5.41, 5.74) is 0.247. The summed E-state index contributed by atoms with van der Waals surface area (Å²) in [6, 6.07) is 6.70. The normalized spacial score (nSPS) is 12.6. The van der Waals surface area contributed by atoms with Gasteiger partial charge in [0.05, 0.1) is 6.61 Å². The predicted molar refractivity (Wildman–Crippen MR) is 156 cm³/mol. The average Bonchev–Trinajstić information content (AvgIpc) is 2.87. The molecule has 41 heavy (non-hydrogen) atoms. The molecule has 0 amide bonds. The Balaban J connectivity index is 2.21. The highest BCUT2D eigenvalue weighted by molar-refractivity contribution is 6.20. The topological polar surface area (TPSA) is 81.7 Å². The standard InChI is InChI=1S/C32H50F3NO5/c1-5-40-29(38)27(30(39)41-31(2,3)4)28(37)25-19-21-26(22-20-25)36-24-18-16-14-12-10-8-6-7-9-11-13-15-17-23-32(33,34)35/h19-22,27,36H,5-18,23-24H2,1-4H3. The molecule has 0 bridgehead atoms. The molecule has 1 rings (SSSR count). The van der Waals surface area contributed by atoms with E-state index in [0.29, 0.717) is 6.42 Å². The number of benzene rings is 1. The summed E-state index contributed by atoms with van der Waals surface area (Å²) in [7, 11) is 0. The lowest BCUT2D eigenvalue weighted by molar-refractivity contribution is -0.166. The fourth-order valence-corrected chi connectivity index (χ4v) is 4.44. The summed E-state index contributed by atoms with van der Waals surface area (Å²) in [5, 5.41) is 3.34. The summed E-state index contributed by atoms with van der Waals surface area (Å²) < 4.78 is 46.5. The quantitative estimate of drug-likeness (QED) is 0.0672. The highest BCUT2D eigenvalue weighted by atomic mass is 19.4. The van der Waals surface area contributed by atoms with Crippen LogP contribution in [0.4, 0.5) is 18.9 Å². The van der Waals surface area contributed by atoms with Crippen molar-refractivity contribution in [3.63, 3.8) is 0 Å². The number of halogens is 3. The maximum atomic E-state index is 13.0. The van der Waals surface area contributed by atoms with Crippen LogP contribution < -0.4 is 5.32 Å². The fraction of sp³-hybridized carbons (Fsp3) is 0.719. The number of carbonyl (C=O) groups is 3. The van der Waals surface area contributed by atoms with E-state index in [1.807, 2.05) is 0 Å². The maximum Gasteiger partial charge on any atom is 0.389 e. The second kappa shape index (κ2) is 19.5. The van der Waals surface area contributed by atoms with Crippen molar-refractivity contribution in [2.24, 2.45) is 5.92 Å². The number of carbonyl (C=O) groups excluding carboxylic acids is 3. The van der Waals surface area contributed by atoms with Crippen LogP contribution in [-0.2, 0) is 19.1 Å².